The van der Waals surface area contributed by atoms with E-state index in [4.69, 9.17) is 24.7 Å². The minimum atomic E-state index is -0.817. The first kappa shape index (κ1) is 27.3. The Hall–Kier alpha value is -3.71. The van der Waals surface area contributed by atoms with Crippen LogP contribution >= 0.6 is 43.2 Å². The van der Waals surface area contributed by atoms with Gasteiger partial charge in [-0.15, -0.1) is 11.3 Å². The fraction of sp³-hybridized carbons (Fsp3) is 0.192. The molecular weight excluding hydrogens is 640 g/mol. The summed E-state index contributed by atoms with van der Waals surface area (Å²) in [6.45, 7) is 0. The molecule has 1 atom stereocenters. The van der Waals surface area contributed by atoms with Crippen LogP contribution in [-0.4, -0.2) is 33.0 Å². The minimum Gasteiger partial charge on any atom is -0.493 e. The number of thiazole rings is 1. The van der Waals surface area contributed by atoms with Gasteiger partial charge in [-0.25, -0.2) is 0 Å². The van der Waals surface area contributed by atoms with E-state index < -0.39 is 11.5 Å². The van der Waals surface area contributed by atoms with Gasteiger partial charge < -0.3 is 24.7 Å². The summed E-state index contributed by atoms with van der Waals surface area (Å²) < 4.78 is 24.7. The van der Waals surface area contributed by atoms with Crippen LogP contribution in [0, 0.1) is 22.7 Å². The molecule has 2 heterocycles. The Labute approximate surface area is 238 Å². The number of ether oxygens (including phenoxy) is 4. The molecule has 0 radical (unpaired) electrons. The van der Waals surface area contributed by atoms with Crippen molar-refractivity contribution in [2.24, 2.45) is 5.73 Å². The van der Waals surface area contributed by atoms with Crippen LogP contribution in [0.25, 0.3) is 17.5 Å². The lowest BCUT2D eigenvalue weighted by atomic mass is 9.84. The molecule has 4 rings (SSSR count). The van der Waals surface area contributed by atoms with Crippen molar-refractivity contribution in [1.82, 2.24) is 4.57 Å². The number of aromatic nitrogens is 1. The number of allylic oxidation sites excluding steroid dienone is 1. The monoisotopic (exact) mass is 658 g/mol. The summed E-state index contributed by atoms with van der Waals surface area (Å²) in [7, 11) is 6.04. The summed E-state index contributed by atoms with van der Waals surface area (Å²) in [5.74, 6) is 1.01. The van der Waals surface area contributed by atoms with Gasteiger partial charge >= 0.3 is 0 Å². The lowest BCUT2D eigenvalue weighted by Crippen LogP contribution is -2.38. The van der Waals surface area contributed by atoms with E-state index in [1.165, 1.54) is 33.0 Å². The number of fused-ring (bicyclic) bond motifs is 1. The summed E-state index contributed by atoms with van der Waals surface area (Å²) >= 11 is 8.04. The van der Waals surface area contributed by atoms with Crippen molar-refractivity contribution in [3.05, 3.63) is 69.5 Å². The van der Waals surface area contributed by atoms with Gasteiger partial charge in [0.15, 0.2) is 23.0 Å². The molecule has 0 bridgehead atoms. The molecule has 0 amide bonds. The number of methoxy groups -OCH3 is 4. The quantitative estimate of drug-likeness (QED) is 0.426. The minimum absolute atomic E-state index is 0.0354. The van der Waals surface area contributed by atoms with E-state index in [-0.39, 0.29) is 17.0 Å². The normalized spacial score (nSPS) is 15.0. The Morgan fingerprint density at radius 1 is 0.921 bits per heavy atom. The van der Waals surface area contributed by atoms with Crippen molar-refractivity contribution in [2.75, 3.05) is 28.4 Å². The molecule has 3 aromatic rings. The van der Waals surface area contributed by atoms with Crippen molar-refractivity contribution < 1.29 is 18.9 Å². The number of hydrogen-bond acceptors (Lipinski definition) is 9. The molecule has 0 spiro atoms. The first-order valence-corrected chi connectivity index (χ1v) is 13.3. The zero-order chi connectivity index (χ0) is 27.7. The van der Waals surface area contributed by atoms with Crippen LogP contribution in [0.2, 0.25) is 0 Å². The van der Waals surface area contributed by atoms with Crippen LogP contribution in [0.1, 0.15) is 17.0 Å². The second-order valence-electron chi connectivity index (χ2n) is 7.90. The van der Waals surface area contributed by atoms with Gasteiger partial charge in [0.2, 0.25) is 0 Å². The van der Waals surface area contributed by atoms with E-state index in [0.29, 0.717) is 52.3 Å². The molecule has 0 aliphatic carbocycles. The van der Waals surface area contributed by atoms with Gasteiger partial charge in [0.25, 0.3) is 5.56 Å². The summed E-state index contributed by atoms with van der Waals surface area (Å²) in [6, 6.07) is 11.2. The van der Waals surface area contributed by atoms with Crippen LogP contribution in [0.15, 0.2) is 43.6 Å². The van der Waals surface area contributed by atoms with Gasteiger partial charge in [-0.1, -0.05) is 0 Å². The van der Waals surface area contributed by atoms with Gasteiger partial charge in [0.05, 0.1) is 71.1 Å². The highest BCUT2D eigenvalue weighted by molar-refractivity contribution is 9.11. The molecule has 38 heavy (non-hydrogen) atoms. The molecule has 2 aromatic carbocycles. The molecule has 0 saturated heterocycles. The summed E-state index contributed by atoms with van der Waals surface area (Å²) in [5.41, 5.74) is 7.49. The van der Waals surface area contributed by atoms with Crippen molar-refractivity contribution in [3.8, 4) is 35.1 Å². The fourth-order valence-electron chi connectivity index (χ4n) is 4.26. The van der Waals surface area contributed by atoms with Gasteiger partial charge in [-0.05, 0) is 73.3 Å². The zero-order valence-electron chi connectivity index (χ0n) is 20.6. The third kappa shape index (κ3) is 4.45. The Kier molecular flexibility index (Phi) is 7.88. The van der Waals surface area contributed by atoms with Gasteiger partial charge in [0, 0.05) is 0 Å². The largest absolute Gasteiger partial charge is 0.493 e. The van der Waals surface area contributed by atoms with Crippen LogP contribution < -0.4 is 39.4 Å². The van der Waals surface area contributed by atoms with Crippen LogP contribution in [-0.2, 0) is 0 Å². The Bertz CT molecular complexity index is 1760. The molecule has 1 aliphatic heterocycles. The molecule has 9 nitrogen and oxygen atoms in total. The van der Waals surface area contributed by atoms with Crippen molar-refractivity contribution in [1.29, 1.82) is 10.5 Å². The van der Waals surface area contributed by atoms with E-state index in [0.717, 1.165) is 11.3 Å². The van der Waals surface area contributed by atoms with Gasteiger partial charge in [0.1, 0.15) is 10.5 Å². The smallest absolute Gasteiger partial charge is 0.274 e. The van der Waals surface area contributed by atoms with E-state index in [9.17, 15) is 15.3 Å². The molecule has 12 heteroatoms. The van der Waals surface area contributed by atoms with Crippen LogP contribution in [0.3, 0.4) is 0 Å². The SMILES string of the molecule is COc1cc(/C=c2/sc3n(c2=O)C(N)=C(C#N)[C@H](c2cc(Br)c(OC)c(OC)c2)C=3C#N)cc(Br)c1OC. The summed E-state index contributed by atoms with van der Waals surface area (Å²) in [4.78, 5) is 13.5. The van der Waals surface area contributed by atoms with Crippen LogP contribution in [0.5, 0.6) is 23.0 Å². The standard InChI is InChI=1S/C26H20Br2N4O5S/c1-34-18-6-12(5-16(27)22(18)36-3)7-20-25(33)32-24(31)14(10-29)21(15(11-30)26(32)38-20)13-8-17(28)23(37-4)19(9-13)35-2/h5-9,21H,31H2,1-4H3/b20-7+/t21-/m0/s1. The van der Waals surface area contributed by atoms with E-state index in [1.54, 1.807) is 30.3 Å². The average Bonchev–Trinajstić information content (AvgIpc) is 3.23. The Morgan fingerprint density at radius 2 is 1.50 bits per heavy atom. The maximum absolute atomic E-state index is 13.5. The predicted octanol–water partition coefficient (Wildman–Crippen LogP) is 3.42. The average molecular weight is 660 g/mol. The lowest BCUT2D eigenvalue weighted by Gasteiger charge is -2.23. The van der Waals surface area contributed by atoms with Crippen LogP contribution in [0.4, 0.5) is 0 Å². The number of nitrogens with zero attached hydrogens (tertiary/aromatic N) is 3. The second-order valence-corrected chi connectivity index (χ2v) is 10.6. The molecule has 2 N–H and O–H groups in total. The number of nitrogens with two attached hydrogens (primary N) is 1. The molecule has 0 unspecified atom stereocenters. The third-order valence-electron chi connectivity index (χ3n) is 5.93. The number of halogens is 2. The maximum Gasteiger partial charge on any atom is 0.274 e. The molecule has 1 aliphatic rings. The summed E-state index contributed by atoms with van der Waals surface area (Å²) in [6.07, 6.45) is 1.67. The highest BCUT2D eigenvalue weighted by Gasteiger charge is 2.33. The Morgan fingerprint density at radius 3 is 2.05 bits per heavy atom. The van der Waals surface area contributed by atoms with Gasteiger partial charge in [-0.3, -0.25) is 9.36 Å². The molecule has 194 valence electrons. The maximum atomic E-state index is 13.5. The van der Waals surface area contributed by atoms with E-state index >= 15 is 0 Å². The molecule has 0 saturated carbocycles. The topological polar surface area (TPSA) is 133 Å². The molecular formula is C26H20Br2N4O5S. The predicted molar refractivity (Wildman–Crippen MR) is 151 cm³/mol. The van der Waals surface area contributed by atoms with E-state index in [1.807, 2.05) is 0 Å². The fourth-order valence-corrected chi connectivity index (χ4v) is 6.63. The number of benzene rings is 2. The Balaban J connectivity index is 2.03. The number of nitriles is 2. The van der Waals surface area contributed by atoms with Crippen molar-refractivity contribution >= 4 is 60.7 Å². The van der Waals surface area contributed by atoms with E-state index in [2.05, 4.69) is 44.0 Å². The van der Waals surface area contributed by atoms with Crippen molar-refractivity contribution in [3.63, 3.8) is 0 Å². The number of hydrogen-bond donors (Lipinski definition) is 1. The first-order chi connectivity index (χ1) is 18.2. The van der Waals surface area contributed by atoms with Crippen molar-refractivity contribution in [2.45, 2.75) is 5.92 Å². The lowest BCUT2D eigenvalue weighted by molar-refractivity contribution is 0.352. The number of rotatable bonds is 6. The molecule has 0 fully saturated rings. The van der Waals surface area contributed by atoms with Gasteiger partial charge in [-0.2, -0.15) is 10.5 Å². The highest BCUT2D eigenvalue weighted by atomic mass is 79.9. The molecule has 1 aromatic heterocycles. The zero-order valence-corrected chi connectivity index (χ0v) is 24.6. The second kappa shape index (κ2) is 11.0. The highest BCUT2D eigenvalue weighted by Crippen LogP contribution is 2.43. The first-order valence-electron chi connectivity index (χ1n) is 10.8. The third-order valence-corrected chi connectivity index (χ3v) is 8.22. The summed E-state index contributed by atoms with van der Waals surface area (Å²) in [5, 5.41) is 20.3.